The molecule has 1 N–H and O–H groups in total. The Morgan fingerprint density at radius 2 is 2.05 bits per heavy atom. The molecule has 0 spiro atoms. The highest BCUT2D eigenvalue weighted by molar-refractivity contribution is 5.98. The third-order valence-corrected chi connectivity index (χ3v) is 1.94. The van der Waals surface area contributed by atoms with Gasteiger partial charge in [0.05, 0.1) is 6.61 Å². The normalized spacial score (nSPS) is 11.0. The molecule has 19 heavy (non-hydrogen) atoms. The van der Waals surface area contributed by atoms with Crippen molar-refractivity contribution in [2.45, 2.75) is 33.3 Å². The van der Waals surface area contributed by atoms with E-state index in [9.17, 15) is 9.59 Å². The number of hydrogen-bond donors (Lipinski definition) is 1. The van der Waals surface area contributed by atoms with Crippen LogP contribution >= 0.6 is 0 Å². The Morgan fingerprint density at radius 3 is 2.58 bits per heavy atom. The third-order valence-electron chi connectivity index (χ3n) is 1.94. The van der Waals surface area contributed by atoms with Crippen molar-refractivity contribution in [2.75, 3.05) is 11.9 Å². The lowest BCUT2D eigenvalue weighted by atomic mass is 10.2. The number of esters is 1. The number of hydrogen-bond acceptors (Lipinski definition) is 5. The highest BCUT2D eigenvalue weighted by Gasteiger charge is 2.22. The number of carbonyl (C=O) groups is 2. The molecule has 106 valence electrons. The summed E-state index contributed by atoms with van der Waals surface area (Å²) in [5, 5.41) is 6.42. The molecule has 0 aliphatic carbocycles. The summed E-state index contributed by atoms with van der Waals surface area (Å²) in [6.45, 7) is 7.20. The molecule has 7 nitrogen and oxygen atoms in total. The van der Waals surface area contributed by atoms with E-state index in [2.05, 4.69) is 10.4 Å². The maximum atomic E-state index is 11.7. The van der Waals surface area contributed by atoms with Crippen LogP contribution in [0.4, 0.5) is 10.6 Å². The van der Waals surface area contributed by atoms with E-state index in [-0.39, 0.29) is 18.0 Å². The van der Waals surface area contributed by atoms with E-state index < -0.39 is 17.7 Å². The Balaban J connectivity index is 2.83. The smallest absolute Gasteiger partial charge is 0.413 e. The summed E-state index contributed by atoms with van der Waals surface area (Å²) in [7, 11) is 1.64. The van der Waals surface area contributed by atoms with Crippen LogP contribution in [-0.4, -0.2) is 34.1 Å². The molecule has 7 heteroatoms. The van der Waals surface area contributed by atoms with Gasteiger partial charge in [0.2, 0.25) is 0 Å². The van der Waals surface area contributed by atoms with E-state index in [1.165, 1.54) is 10.9 Å². The highest BCUT2D eigenvalue weighted by atomic mass is 16.6. The second-order valence-corrected chi connectivity index (χ2v) is 4.91. The monoisotopic (exact) mass is 269 g/mol. The summed E-state index contributed by atoms with van der Waals surface area (Å²) in [6, 6.07) is 0. The summed E-state index contributed by atoms with van der Waals surface area (Å²) in [4.78, 5) is 23.3. The van der Waals surface area contributed by atoms with Crippen molar-refractivity contribution in [2.24, 2.45) is 7.05 Å². The van der Waals surface area contributed by atoms with Gasteiger partial charge in [0.15, 0.2) is 5.82 Å². The second-order valence-electron chi connectivity index (χ2n) is 4.91. The van der Waals surface area contributed by atoms with Crippen molar-refractivity contribution >= 4 is 17.9 Å². The summed E-state index contributed by atoms with van der Waals surface area (Å²) in [5.41, 5.74) is -0.432. The lowest BCUT2D eigenvalue weighted by molar-refractivity contribution is 0.0527. The maximum Gasteiger partial charge on any atom is 0.413 e. The van der Waals surface area contributed by atoms with Crippen LogP contribution in [0.25, 0.3) is 0 Å². The molecule has 1 heterocycles. The molecule has 0 saturated carbocycles. The van der Waals surface area contributed by atoms with Crippen LogP contribution in [0.5, 0.6) is 0 Å². The zero-order chi connectivity index (χ0) is 14.6. The van der Waals surface area contributed by atoms with Crippen LogP contribution in [0.2, 0.25) is 0 Å². The Labute approximate surface area is 111 Å². The van der Waals surface area contributed by atoms with Gasteiger partial charge in [-0.05, 0) is 27.7 Å². The topological polar surface area (TPSA) is 82.5 Å². The fraction of sp³-hybridized carbons (Fsp3) is 0.583. The molecule has 0 radical (unpaired) electrons. The molecular formula is C12H19N3O4. The molecule has 1 aromatic heterocycles. The predicted octanol–water partition coefficient (Wildman–Crippen LogP) is 1.94. The average molecular weight is 269 g/mol. The molecule has 0 fully saturated rings. The van der Waals surface area contributed by atoms with Gasteiger partial charge in [0.25, 0.3) is 0 Å². The number of rotatable bonds is 3. The molecule has 0 bridgehead atoms. The summed E-state index contributed by atoms with van der Waals surface area (Å²) in [6.07, 6.45) is 0.807. The van der Waals surface area contributed by atoms with Crippen LogP contribution < -0.4 is 5.32 Å². The maximum absolute atomic E-state index is 11.7. The van der Waals surface area contributed by atoms with Gasteiger partial charge in [-0.15, -0.1) is 0 Å². The van der Waals surface area contributed by atoms with E-state index in [1.807, 2.05) is 0 Å². The minimum absolute atomic E-state index is 0.121. The Morgan fingerprint density at radius 1 is 1.42 bits per heavy atom. The number of ether oxygens (including phenoxy) is 2. The van der Waals surface area contributed by atoms with Crippen LogP contribution in [0.3, 0.4) is 0 Å². The first-order valence-corrected chi connectivity index (χ1v) is 5.93. The molecule has 1 rings (SSSR count). The van der Waals surface area contributed by atoms with Gasteiger partial charge in [-0.25, -0.2) is 9.59 Å². The van der Waals surface area contributed by atoms with Crippen molar-refractivity contribution in [3.8, 4) is 0 Å². The van der Waals surface area contributed by atoms with Crippen LogP contribution in [0.1, 0.15) is 38.1 Å². The fourth-order valence-corrected chi connectivity index (χ4v) is 1.34. The van der Waals surface area contributed by atoms with Gasteiger partial charge in [0.1, 0.15) is 11.2 Å². The molecule has 0 aliphatic rings. The first kappa shape index (κ1) is 15.0. The summed E-state index contributed by atoms with van der Waals surface area (Å²) in [5.74, 6) is -0.420. The van der Waals surface area contributed by atoms with Crippen molar-refractivity contribution in [1.82, 2.24) is 9.78 Å². The van der Waals surface area contributed by atoms with Crippen molar-refractivity contribution < 1.29 is 19.1 Å². The lowest BCUT2D eigenvalue weighted by Gasteiger charge is -2.19. The summed E-state index contributed by atoms with van der Waals surface area (Å²) >= 11 is 0. The lowest BCUT2D eigenvalue weighted by Crippen LogP contribution is -2.28. The van der Waals surface area contributed by atoms with E-state index in [0.29, 0.717) is 0 Å². The zero-order valence-electron chi connectivity index (χ0n) is 11.8. The Hall–Kier alpha value is -2.05. The number of nitrogens with zero attached hydrogens (tertiary/aromatic N) is 2. The minimum Gasteiger partial charge on any atom is -0.462 e. The fourth-order valence-electron chi connectivity index (χ4n) is 1.34. The first-order valence-electron chi connectivity index (χ1n) is 5.93. The highest BCUT2D eigenvalue weighted by Crippen LogP contribution is 2.16. The number of amides is 1. The predicted molar refractivity (Wildman–Crippen MR) is 69.0 cm³/mol. The number of aryl methyl sites for hydroxylation is 1. The van der Waals surface area contributed by atoms with Gasteiger partial charge in [-0.1, -0.05) is 0 Å². The number of anilines is 1. The van der Waals surface area contributed by atoms with E-state index in [4.69, 9.17) is 9.47 Å². The molecule has 0 unspecified atom stereocenters. The molecule has 0 aliphatic heterocycles. The van der Waals surface area contributed by atoms with Gasteiger partial charge in [-0.2, -0.15) is 5.10 Å². The van der Waals surface area contributed by atoms with Crippen molar-refractivity contribution in [1.29, 1.82) is 0 Å². The number of nitrogens with one attached hydrogen (secondary N) is 1. The van der Waals surface area contributed by atoms with Crippen molar-refractivity contribution in [3.05, 3.63) is 11.8 Å². The van der Waals surface area contributed by atoms with Gasteiger partial charge >= 0.3 is 12.1 Å². The molecule has 1 aromatic rings. The zero-order valence-corrected chi connectivity index (χ0v) is 11.8. The quantitative estimate of drug-likeness (QED) is 0.848. The average Bonchev–Trinajstić information content (AvgIpc) is 2.56. The van der Waals surface area contributed by atoms with Crippen molar-refractivity contribution in [3.63, 3.8) is 0 Å². The summed E-state index contributed by atoms with van der Waals surface area (Å²) < 4.78 is 11.4. The molecule has 1 amide bonds. The number of carbonyl (C=O) groups excluding carboxylic acids is 2. The van der Waals surface area contributed by atoms with E-state index in [0.717, 1.165) is 0 Å². The second kappa shape index (κ2) is 5.73. The third kappa shape index (κ3) is 4.61. The van der Waals surface area contributed by atoms with Gasteiger partial charge < -0.3 is 9.47 Å². The minimum atomic E-state index is -0.670. The van der Waals surface area contributed by atoms with Gasteiger partial charge in [0, 0.05) is 13.2 Å². The molecule has 0 aromatic carbocycles. The standard InChI is InChI=1S/C12H19N3O4/c1-6-18-10(16)8-7-15(5)14-9(8)13-11(17)19-12(2,3)4/h7H,6H2,1-5H3,(H,13,14,17). The first-order chi connectivity index (χ1) is 8.73. The van der Waals surface area contributed by atoms with Crippen LogP contribution in [-0.2, 0) is 16.5 Å². The number of aromatic nitrogens is 2. The van der Waals surface area contributed by atoms with Gasteiger partial charge in [-0.3, -0.25) is 10.00 Å². The van der Waals surface area contributed by atoms with E-state index in [1.54, 1.807) is 34.7 Å². The SMILES string of the molecule is CCOC(=O)c1cn(C)nc1NC(=O)OC(C)(C)C. The Bertz CT molecular complexity index is 474. The Kier molecular flexibility index (Phi) is 4.52. The van der Waals surface area contributed by atoms with E-state index >= 15 is 0 Å². The van der Waals surface area contributed by atoms with Crippen LogP contribution in [0, 0.1) is 0 Å². The molecule has 0 saturated heterocycles. The molecular weight excluding hydrogens is 250 g/mol. The largest absolute Gasteiger partial charge is 0.462 e. The van der Waals surface area contributed by atoms with Crippen LogP contribution in [0.15, 0.2) is 6.20 Å². The molecule has 0 atom stereocenters.